The maximum absolute atomic E-state index is 13.1. The summed E-state index contributed by atoms with van der Waals surface area (Å²) in [6.45, 7) is 2.60. The van der Waals surface area contributed by atoms with Crippen LogP contribution in [0.3, 0.4) is 0 Å². The number of hydrogen-bond acceptors (Lipinski definition) is 4. The first-order valence-electron chi connectivity index (χ1n) is 9.90. The number of ether oxygens (including phenoxy) is 1. The molecule has 0 saturated heterocycles. The van der Waals surface area contributed by atoms with Gasteiger partial charge in [-0.2, -0.15) is 5.26 Å². The number of halogens is 1. The Morgan fingerprint density at radius 1 is 1.06 bits per heavy atom. The lowest BCUT2D eigenvalue weighted by Crippen LogP contribution is -2.11. The molecule has 0 spiro atoms. The molecular formula is C25H18FN3O3. The highest BCUT2D eigenvalue weighted by atomic mass is 19.1. The lowest BCUT2D eigenvalue weighted by atomic mass is 10.1. The molecule has 1 N–H and O–H groups in total. The van der Waals surface area contributed by atoms with Gasteiger partial charge in [0.1, 0.15) is 11.6 Å². The summed E-state index contributed by atoms with van der Waals surface area (Å²) in [5, 5.41) is 12.3. The molecule has 0 aliphatic rings. The van der Waals surface area contributed by atoms with Crippen LogP contribution >= 0.6 is 0 Å². The van der Waals surface area contributed by atoms with Crippen molar-refractivity contribution in [1.29, 1.82) is 5.26 Å². The molecule has 0 bridgehead atoms. The van der Waals surface area contributed by atoms with Crippen molar-refractivity contribution in [3.8, 4) is 11.8 Å². The van der Waals surface area contributed by atoms with E-state index in [-0.39, 0.29) is 17.5 Å². The molecule has 0 unspecified atom stereocenters. The molecule has 0 saturated carbocycles. The number of anilines is 1. The number of carbonyl (C=O) groups is 2. The third kappa shape index (κ3) is 4.20. The molecule has 0 radical (unpaired) electrons. The molecule has 1 amide bonds. The average Bonchev–Trinajstić information content (AvgIpc) is 3.18. The summed E-state index contributed by atoms with van der Waals surface area (Å²) in [5.41, 5.74) is 2.44. The lowest BCUT2D eigenvalue weighted by Gasteiger charge is -2.07. The molecule has 1 heterocycles. The minimum absolute atomic E-state index is 0.288. The van der Waals surface area contributed by atoms with E-state index in [1.54, 1.807) is 36.5 Å². The zero-order chi connectivity index (χ0) is 22.7. The van der Waals surface area contributed by atoms with E-state index in [1.165, 1.54) is 36.4 Å². The van der Waals surface area contributed by atoms with Crippen molar-refractivity contribution in [2.75, 3.05) is 5.32 Å². The first-order valence-corrected chi connectivity index (χ1v) is 9.90. The Bertz CT molecular complexity index is 1350. The topological polar surface area (TPSA) is 84.1 Å². The Hall–Kier alpha value is -4.44. The van der Waals surface area contributed by atoms with Crippen molar-refractivity contribution < 1.29 is 18.7 Å². The predicted molar refractivity (Wildman–Crippen MR) is 118 cm³/mol. The van der Waals surface area contributed by atoms with Crippen LogP contribution in [0, 0.1) is 17.1 Å². The highest BCUT2D eigenvalue weighted by Gasteiger charge is 2.17. The number of rotatable bonds is 5. The maximum atomic E-state index is 13.1. The molecule has 6 nitrogen and oxygen atoms in total. The number of fused-ring (bicyclic) bond motifs is 1. The van der Waals surface area contributed by atoms with Crippen LogP contribution in [0.25, 0.3) is 10.9 Å². The molecule has 1 aromatic heterocycles. The summed E-state index contributed by atoms with van der Waals surface area (Å²) < 4.78 is 20.5. The lowest BCUT2D eigenvalue weighted by molar-refractivity contribution is 0.0735. The number of amides is 1. The summed E-state index contributed by atoms with van der Waals surface area (Å²) in [6, 6.07) is 18.7. The van der Waals surface area contributed by atoms with Crippen LogP contribution in [-0.2, 0) is 6.54 Å². The predicted octanol–water partition coefficient (Wildman–Crippen LogP) is 5.14. The molecule has 0 atom stereocenters. The van der Waals surface area contributed by atoms with Gasteiger partial charge in [-0.15, -0.1) is 0 Å². The largest absolute Gasteiger partial charge is 0.423 e. The van der Waals surface area contributed by atoms with Crippen LogP contribution < -0.4 is 10.1 Å². The Labute approximate surface area is 183 Å². The molecule has 158 valence electrons. The van der Waals surface area contributed by atoms with E-state index in [0.717, 1.165) is 5.52 Å². The fourth-order valence-corrected chi connectivity index (χ4v) is 3.36. The van der Waals surface area contributed by atoms with Gasteiger partial charge in [0.05, 0.1) is 22.8 Å². The molecule has 0 fully saturated rings. The molecule has 4 aromatic rings. The molecule has 32 heavy (non-hydrogen) atoms. The van der Waals surface area contributed by atoms with E-state index in [2.05, 4.69) is 5.32 Å². The molecular weight excluding hydrogens is 409 g/mol. The van der Waals surface area contributed by atoms with Gasteiger partial charge in [0, 0.05) is 29.3 Å². The molecule has 7 heteroatoms. The number of aromatic nitrogens is 1. The zero-order valence-electron chi connectivity index (χ0n) is 17.1. The van der Waals surface area contributed by atoms with Gasteiger partial charge < -0.3 is 14.6 Å². The number of nitrogens with zero attached hydrogens (tertiary/aromatic N) is 2. The van der Waals surface area contributed by atoms with Crippen LogP contribution in [0.15, 0.2) is 72.9 Å². The Morgan fingerprint density at radius 2 is 1.78 bits per heavy atom. The van der Waals surface area contributed by atoms with Crippen molar-refractivity contribution in [2.24, 2.45) is 0 Å². The number of nitrogens with one attached hydrogen (secondary N) is 1. The minimum atomic E-state index is -0.568. The van der Waals surface area contributed by atoms with Crippen LogP contribution in [0.1, 0.15) is 33.2 Å². The average molecular weight is 427 g/mol. The van der Waals surface area contributed by atoms with Gasteiger partial charge >= 0.3 is 5.97 Å². The highest BCUT2D eigenvalue weighted by molar-refractivity contribution is 6.13. The first-order chi connectivity index (χ1) is 15.5. The van der Waals surface area contributed by atoms with E-state index in [1.807, 2.05) is 17.6 Å². The van der Waals surface area contributed by atoms with Crippen molar-refractivity contribution in [3.05, 3.63) is 95.4 Å². The molecule has 3 aromatic carbocycles. The van der Waals surface area contributed by atoms with Crippen LogP contribution in [0.2, 0.25) is 0 Å². The van der Waals surface area contributed by atoms with Crippen molar-refractivity contribution in [3.63, 3.8) is 0 Å². The fourth-order valence-electron chi connectivity index (χ4n) is 3.36. The number of nitriles is 1. The van der Waals surface area contributed by atoms with Gasteiger partial charge in [0.25, 0.3) is 5.91 Å². The normalized spacial score (nSPS) is 10.5. The number of aryl methyl sites for hydroxylation is 1. The highest BCUT2D eigenvalue weighted by Crippen LogP contribution is 2.27. The summed E-state index contributed by atoms with van der Waals surface area (Å²) in [7, 11) is 0. The second-order valence-corrected chi connectivity index (χ2v) is 7.05. The third-order valence-electron chi connectivity index (χ3n) is 5.00. The van der Waals surface area contributed by atoms with Crippen molar-refractivity contribution >= 4 is 28.5 Å². The standard InChI is InChI=1S/C25H18FN3O3/c1-2-29-15-22(24(30)28-19-9-7-18(26)8-10-19)21-13-20(11-12-23(21)29)32-25(31)17-5-3-16(14-27)4-6-17/h3-13,15H,2H2,1H3,(H,28,30). The van der Waals surface area contributed by atoms with E-state index in [4.69, 9.17) is 10.00 Å². The first kappa shape index (κ1) is 20.8. The zero-order valence-corrected chi connectivity index (χ0v) is 17.1. The SMILES string of the molecule is CCn1cc(C(=O)Nc2ccc(F)cc2)c2cc(OC(=O)c3ccc(C#N)cc3)ccc21. The van der Waals surface area contributed by atoms with E-state index in [9.17, 15) is 14.0 Å². The maximum Gasteiger partial charge on any atom is 0.343 e. The Morgan fingerprint density at radius 3 is 2.44 bits per heavy atom. The van der Waals surface area contributed by atoms with Crippen molar-refractivity contribution in [1.82, 2.24) is 4.57 Å². The van der Waals surface area contributed by atoms with Crippen LogP contribution in [0.5, 0.6) is 5.75 Å². The van der Waals surface area contributed by atoms with Crippen LogP contribution in [-0.4, -0.2) is 16.4 Å². The number of carbonyl (C=O) groups excluding carboxylic acids is 2. The molecule has 0 aliphatic carbocycles. The van der Waals surface area contributed by atoms with Gasteiger partial charge in [0.15, 0.2) is 0 Å². The van der Waals surface area contributed by atoms with Gasteiger partial charge in [-0.25, -0.2) is 9.18 Å². The second-order valence-electron chi connectivity index (χ2n) is 7.05. The third-order valence-corrected chi connectivity index (χ3v) is 5.00. The van der Waals surface area contributed by atoms with E-state index < -0.39 is 5.97 Å². The number of esters is 1. The summed E-state index contributed by atoms with van der Waals surface area (Å²) in [4.78, 5) is 25.4. The van der Waals surface area contributed by atoms with E-state index in [0.29, 0.717) is 34.3 Å². The van der Waals surface area contributed by atoms with Gasteiger partial charge in [0.2, 0.25) is 0 Å². The van der Waals surface area contributed by atoms with Gasteiger partial charge in [-0.1, -0.05) is 0 Å². The second kappa shape index (κ2) is 8.74. The molecule has 0 aliphatic heterocycles. The van der Waals surface area contributed by atoms with Gasteiger partial charge in [-0.3, -0.25) is 4.79 Å². The summed E-state index contributed by atoms with van der Waals surface area (Å²) >= 11 is 0. The fraction of sp³-hybridized carbons (Fsp3) is 0.0800. The number of benzene rings is 3. The monoisotopic (exact) mass is 427 g/mol. The summed E-state index contributed by atoms with van der Waals surface area (Å²) in [5.74, 6) is -1.03. The Kier molecular flexibility index (Phi) is 5.69. The smallest absolute Gasteiger partial charge is 0.343 e. The summed E-state index contributed by atoms with van der Waals surface area (Å²) in [6.07, 6.45) is 1.73. The number of hydrogen-bond donors (Lipinski definition) is 1. The van der Waals surface area contributed by atoms with Crippen molar-refractivity contribution in [2.45, 2.75) is 13.5 Å². The van der Waals surface area contributed by atoms with Gasteiger partial charge in [-0.05, 0) is 73.7 Å². The van der Waals surface area contributed by atoms with Crippen LogP contribution in [0.4, 0.5) is 10.1 Å². The minimum Gasteiger partial charge on any atom is -0.423 e. The molecule has 4 rings (SSSR count). The quantitative estimate of drug-likeness (QED) is 0.353. The van der Waals surface area contributed by atoms with E-state index >= 15 is 0 Å². The Balaban J connectivity index is 1.63.